The summed E-state index contributed by atoms with van der Waals surface area (Å²) in [6, 6.07) is 0. The highest BCUT2D eigenvalue weighted by atomic mass is 16.3. The Morgan fingerprint density at radius 1 is 1.20 bits per heavy atom. The van der Waals surface area contributed by atoms with Gasteiger partial charge in [-0.2, -0.15) is 0 Å². The molecule has 0 aliphatic rings. The van der Waals surface area contributed by atoms with Crippen LogP contribution in [0.1, 0.15) is 53.9 Å². The lowest BCUT2D eigenvalue weighted by atomic mass is 9.94. The van der Waals surface area contributed by atoms with Crippen molar-refractivity contribution in [2.24, 2.45) is 11.8 Å². The van der Waals surface area contributed by atoms with E-state index in [1.54, 1.807) is 0 Å². The molecule has 0 radical (unpaired) electrons. The molecule has 0 saturated carbocycles. The molecule has 0 aromatic carbocycles. The van der Waals surface area contributed by atoms with Crippen LogP contribution in [0.3, 0.4) is 0 Å². The fraction of sp³-hybridized carbons (Fsp3) is 1.00. The summed E-state index contributed by atoms with van der Waals surface area (Å²) in [6.45, 7) is 12.4. The van der Waals surface area contributed by atoms with Crippen molar-refractivity contribution in [1.29, 1.82) is 0 Å². The molecule has 0 aliphatic carbocycles. The van der Waals surface area contributed by atoms with Gasteiger partial charge in [0.15, 0.2) is 0 Å². The van der Waals surface area contributed by atoms with Gasteiger partial charge < -0.3 is 10.4 Å². The number of hydrogen-bond acceptors (Lipinski definition) is 2. The molecule has 92 valence electrons. The summed E-state index contributed by atoms with van der Waals surface area (Å²) in [7, 11) is 0. The first-order valence-electron chi connectivity index (χ1n) is 6.34. The quantitative estimate of drug-likeness (QED) is 0.652. The zero-order valence-corrected chi connectivity index (χ0v) is 11.1. The molecule has 0 aromatic heterocycles. The van der Waals surface area contributed by atoms with Gasteiger partial charge in [0, 0.05) is 6.54 Å². The van der Waals surface area contributed by atoms with Gasteiger partial charge in [0.05, 0.1) is 5.60 Å². The second kappa shape index (κ2) is 7.24. The standard InChI is InChI=1S/C13H29NO/c1-6-12(7-2)9-14-10-13(5,15)8-11(3)4/h11-12,14-15H,6-10H2,1-5H3. The summed E-state index contributed by atoms with van der Waals surface area (Å²) in [4.78, 5) is 0. The number of aliphatic hydroxyl groups is 1. The highest BCUT2D eigenvalue weighted by molar-refractivity contribution is 4.77. The molecule has 0 rings (SSSR count). The van der Waals surface area contributed by atoms with Gasteiger partial charge in [0.1, 0.15) is 0 Å². The third-order valence-electron chi connectivity index (χ3n) is 2.94. The van der Waals surface area contributed by atoms with Crippen molar-refractivity contribution in [3.8, 4) is 0 Å². The molecular weight excluding hydrogens is 186 g/mol. The monoisotopic (exact) mass is 215 g/mol. The van der Waals surface area contributed by atoms with Gasteiger partial charge in [0.2, 0.25) is 0 Å². The number of rotatable bonds is 8. The van der Waals surface area contributed by atoms with E-state index in [0.29, 0.717) is 12.5 Å². The summed E-state index contributed by atoms with van der Waals surface area (Å²) in [5, 5.41) is 13.5. The van der Waals surface area contributed by atoms with Crippen LogP contribution >= 0.6 is 0 Å². The molecule has 2 nitrogen and oxygen atoms in total. The fourth-order valence-corrected chi connectivity index (χ4v) is 2.07. The van der Waals surface area contributed by atoms with Gasteiger partial charge in [-0.05, 0) is 31.7 Å². The Kier molecular flexibility index (Phi) is 7.20. The van der Waals surface area contributed by atoms with E-state index < -0.39 is 5.60 Å². The molecule has 2 heteroatoms. The van der Waals surface area contributed by atoms with Crippen molar-refractivity contribution in [2.75, 3.05) is 13.1 Å². The number of hydrogen-bond donors (Lipinski definition) is 2. The van der Waals surface area contributed by atoms with Gasteiger partial charge >= 0.3 is 0 Å². The van der Waals surface area contributed by atoms with Crippen LogP contribution in [0.25, 0.3) is 0 Å². The molecule has 0 aliphatic heterocycles. The van der Waals surface area contributed by atoms with Gasteiger partial charge in [-0.25, -0.2) is 0 Å². The molecule has 1 atom stereocenters. The molecule has 0 amide bonds. The Bertz CT molecular complexity index is 151. The minimum Gasteiger partial charge on any atom is -0.389 e. The van der Waals surface area contributed by atoms with Gasteiger partial charge in [-0.1, -0.05) is 40.5 Å². The maximum absolute atomic E-state index is 10.1. The van der Waals surface area contributed by atoms with Crippen LogP contribution in [0.4, 0.5) is 0 Å². The van der Waals surface area contributed by atoms with Crippen LogP contribution in [0, 0.1) is 11.8 Å². The van der Waals surface area contributed by atoms with E-state index in [1.807, 2.05) is 6.92 Å². The topological polar surface area (TPSA) is 32.3 Å². The normalized spacial score (nSPS) is 16.0. The molecule has 1 unspecified atom stereocenters. The lowest BCUT2D eigenvalue weighted by Gasteiger charge is -2.26. The van der Waals surface area contributed by atoms with Crippen LogP contribution < -0.4 is 5.32 Å². The zero-order valence-electron chi connectivity index (χ0n) is 11.1. The van der Waals surface area contributed by atoms with E-state index in [0.717, 1.165) is 18.9 Å². The zero-order chi connectivity index (χ0) is 11.9. The minimum atomic E-state index is -0.555. The Hall–Kier alpha value is -0.0800. The highest BCUT2D eigenvalue weighted by Gasteiger charge is 2.21. The first-order chi connectivity index (χ1) is 6.91. The summed E-state index contributed by atoms with van der Waals surface area (Å²) in [5.74, 6) is 1.30. The largest absolute Gasteiger partial charge is 0.389 e. The molecule has 2 N–H and O–H groups in total. The van der Waals surface area contributed by atoms with E-state index in [1.165, 1.54) is 12.8 Å². The fourth-order valence-electron chi connectivity index (χ4n) is 2.07. The first-order valence-corrected chi connectivity index (χ1v) is 6.34. The van der Waals surface area contributed by atoms with Crippen molar-refractivity contribution in [1.82, 2.24) is 5.32 Å². The molecule has 0 spiro atoms. The Morgan fingerprint density at radius 2 is 1.73 bits per heavy atom. The van der Waals surface area contributed by atoms with Crippen molar-refractivity contribution >= 4 is 0 Å². The van der Waals surface area contributed by atoms with Crippen LogP contribution in [-0.4, -0.2) is 23.8 Å². The van der Waals surface area contributed by atoms with E-state index >= 15 is 0 Å². The van der Waals surface area contributed by atoms with E-state index in [-0.39, 0.29) is 0 Å². The molecule has 0 saturated heterocycles. The Morgan fingerprint density at radius 3 is 2.13 bits per heavy atom. The third kappa shape index (κ3) is 7.80. The predicted octanol–water partition coefficient (Wildman–Crippen LogP) is 2.81. The molecule has 0 aromatic rings. The smallest absolute Gasteiger partial charge is 0.0746 e. The predicted molar refractivity (Wildman–Crippen MR) is 67.0 cm³/mol. The SMILES string of the molecule is CCC(CC)CNCC(C)(O)CC(C)C. The Labute approximate surface area is 95.5 Å². The van der Waals surface area contributed by atoms with Gasteiger partial charge in [0.25, 0.3) is 0 Å². The maximum Gasteiger partial charge on any atom is 0.0746 e. The summed E-state index contributed by atoms with van der Waals surface area (Å²) >= 11 is 0. The second-order valence-electron chi connectivity index (χ2n) is 5.41. The first kappa shape index (κ1) is 14.9. The van der Waals surface area contributed by atoms with Crippen molar-refractivity contribution in [3.05, 3.63) is 0 Å². The van der Waals surface area contributed by atoms with Crippen LogP contribution in [0.2, 0.25) is 0 Å². The molecule has 15 heavy (non-hydrogen) atoms. The minimum absolute atomic E-state index is 0.551. The lowest BCUT2D eigenvalue weighted by molar-refractivity contribution is 0.0377. The second-order valence-corrected chi connectivity index (χ2v) is 5.41. The average Bonchev–Trinajstić information content (AvgIpc) is 2.10. The maximum atomic E-state index is 10.1. The molecule has 0 bridgehead atoms. The summed E-state index contributed by atoms with van der Waals surface area (Å²) in [6.07, 6.45) is 3.30. The average molecular weight is 215 g/mol. The van der Waals surface area contributed by atoms with Crippen LogP contribution in [0.5, 0.6) is 0 Å². The Balaban J connectivity index is 3.73. The summed E-state index contributed by atoms with van der Waals surface area (Å²) in [5.41, 5.74) is -0.555. The van der Waals surface area contributed by atoms with E-state index in [9.17, 15) is 5.11 Å². The number of nitrogens with one attached hydrogen (secondary N) is 1. The third-order valence-corrected chi connectivity index (χ3v) is 2.94. The van der Waals surface area contributed by atoms with E-state index in [2.05, 4.69) is 33.0 Å². The van der Waals surface area contributed by atoms with Crippen molar-refractivity contribution < 1.29 is 5.11 Å². The van der Waals surface area contributed by atoms with Crippen molar-refractivity contribution in [2.45, 2.75) is 59.5 Å². The summed E-state index contributed by atoms with van der Waals surface area (Å²) < 4.78 is 0. The van der Waals surface area contributed by atoms with Crippen LogP contribution in [0.15, 0.2) is 0 Å². The molecular formula is C13H29NO. The molecule has 0 fully saturated rings. The van der Waals surface area contributed by atoms with E-state index in [4.69, 9.17) is 0 Å². The van der Waals surface area contributed by atoms with Crippen molar-refractivity contribution in [3.63, 3.8) is 0 Å². The lowest BCUT2D eigenvalue weighted by Crippen LogP contribution is -2.40. The molecule has 0 heterocycles. The highest BCUT2D eigenvalue weighted by Crippen LogP contribution is 2.15. The van der Waals surface area contributed by atoms with Gasteiger partial charge in [-0.15, -0.1) is 0 Å². The van der Waals surface area contributed by atoms with Crippen LogP contribution in [-0.2, 0) is 0 Å². The van der Waals surface area contributed by atoms with Gasteiger partial charge in [-0.3, -0.25) is 0 Å².